The normalized spacial score (nSPS) is 11.3. The first-order valence-electron chi connectivity index (χ1n) is 4.10. The van der Waals surface area contributed by atoms with Crippen LogP contribution >= 0.6 is 0 Å². The van der Waals surface area contributed by atoms with Crippen LogP contribution in [0.25, 0.3) is 0 Å². The fourth-order valence-electron chi connectivity index (χ4n) is 0.912. The summed E-state index contributed by atoms with van der Waals surface area (Å²) in [7, 11) is 1.44. The Morgan fingerprint density at radius 1 is 1.42 bits per heavy atom. The summed E-state index contributed by atoms with van der Waals surface area (Å²) in [5.41, 5.74) is 0. The van der Waals surface area contributed by atoms with Crippen molar-refractivity contribution in [3.63, 3.8) is 0 Å². The van der Waals surface area contributed by atoms with Crippen LogP contribution in [0, 0.1) is 0 Å². The lowest BCUT2D eigenvalue weighted by molar-refractivity contribution is -0.122. The van der Waals surface area contributed by atoms with Gasteiger partial charge in [0.2, 0.25) is 11.8 Å². The van der Waals surface area contributed by atoms with E-state index < -0.39 is 5.92 Å². The molecule has 0 fully saturated rings. The Kier molecular flexibility index (Phi) is 4.78. The van der Waals surface area contributed by atoms with Gasteiger partial charge in [0.05, 0.1) is 0 Å². The smallest absolute Gasteiger partial charge is 0.248 e. The zero-order chi connectivity index (χ0) is 9.61. The Hall–Kier alpha value is -0.670. The van der Waals surface area contributed by atoms with Gasteiger partial charge in [-0.2, -0.15) is 0 Å². The van der Waals surface area contributed by atoms with E-state index in [2.05, 4.69) is 5.32 Å². The highest BCUT2D eigenvalue weighted by molar-refractivity contribution is 5.75. The minimum Gasteiger partial charge on any atom is -0.359 e. The van der Waals surface area contributed by atoms with Crippen molar-refractivity contribution in [1.29, 1.82) is 0 Å². The van der Waals surface area contributed by atoms with Gasteiger partial charge in [0.25, 0.3) is 0 Å². The second-order valence-electron chi connectivity index (χ2n) is 2.78. The summed E-state index contributed by atoms with van der Waals surface area (Å²) in [6, 6.07) is 0. The lowest BCUT2D eigenvalue weighted by atomic mass is 10.1. The summed E-state index contributed by atoms with van der Waals surface area (Å²) >= 11 is 0. The molecule has 0 unspecified atom stereocenters. The van der Waals surface area contributed by atoms with Crippen molar-refractivity contribution in [2.24, 2.45) is 0 Å². The third-order valence-corrected chi connectivity index (χ3v) is 1.61. The fraction of sp³-hybridized carbons (Fsp3) is 0.875. The van der Waals surface area contributed by atoms with Crippen LogP contribution in [-0.2, 0) is 4.79 Å². The molecule has 0 aliphatic rings. The SMILES string of the molecule is CCCC(F)(F)CCC(=O)NC. The third kappa shape index (κ3) is 5.04. The molecule has 4 heteroatoms. The van der Waals surface area contributed by atoms with Gasteiger partial charge >= 0.3 is 0 Å². The van der Waals surface area contributed by atoms with Crippen LogP contribution in [0.5, 0.6) is 0 Å². The van der Waals surface area contributed by atoms with E-state index >= 15 is 0 Å². The fourth-order valence-corrected chi connectivity index (χ4v) is 0.912. The van der Waals surface area contributed by atoms with Crippen LogP contribution in [-0.4, -0.2) is 18.9 Å². The molecule has 0 spiro atoms. The maximum absolute atomic E-state index is 12.7. The summed E-state index contributed by atoms with van der Waals surface area (Å²) in [6.45, 7) is 1.70. The van der Waals surface area contributed by atoms with E-state index in [0.717, 1.165) is 0 Å². The van der Waals surface area contributed by atoms with Crippen LogP contribution in [0.4, 0.5) is 8.78 Å². The highest BCUT2D eigenvalue weighted by Gasteiger charge is 2.27. The molecule has 12 heavy (non-hydrogen) atoms. The van der Waals surface area contributed by atoms with Gasteiger partial charge in [-0.05, 0) is 0 Å². The van der Waals surface area contributed by atoms with E-state index in [1.807, 2.05) is 0 Å². The van der Waals surface area contributed by atoms with Gasteiger partial charge < -0.3 is 5.32 Å². The lowest BCUT2D eigenvalue weighted by Crippen LogP contribution is -2.23. The van der Waals surface area contributed by atoms with E-state index in [0.29, 0.717) is 6.42 Å². The monoisotopic (exact) mass is 179 g/mol. The summed E-state index contributed by atoms with van der Waals surface area (Å²) < 4.78 is 25.5. The molecular weight excluding hydrogens is 164 g/mol. The molecule has 0 aromatic rings. The zero-order valence-electron chi connectivity index (χ0n) is 7.49. The van der Waals surface area contributed by atoms with Crippen molar-refractivity contribution in [2.45, 2.75) is 38.5 Å². The van der Waals surface area contributed by atoms with E-state index in [4.69, 9.17) is 0 Å². The number of hydrogen-bond donors (Lipinski definition) is 1. The van der Waals surface area contributed by atoms with Crippen molar-refractivity contribution in [3.8, 4) is 0 Å². The minimum absolute atomic E-state index is 0.0938. The number of carbonyl (C=O) groups is 1. The second-order valence-corrected chi connectivity index (χ2v) is 2.78. The summed E-state index contributed by atoms with van der Waals surface area (Å²) in [6.07, 6.45) is -0.130. The number of alkyl halides is 2. The molecule has 1 N–H and O–H groups in total. The van der Waals surface area contributed by atoms with Gasteiger partial charge in [0.1, 0.15) is 0 Å². The Morgan fingerprint density at radius 2 is 2.00 bits per heavy atom. The zero-order valence-corrected chi connectivity index (χ0v) is 7.49. The molecule has 0 radical (unpaired) electrons. The van der Waals surface area contributed by atoms with Crippen molar-refractivity contribution in [3.05, 3.63) is 0 Å². The van der Waals surface area contributed by atoms with Gasteiger partial charge in [-0.25, -0.2) is 8.78 Å². The maximum atomic E-state index is 12.7. The lowest BCUT2D eigenvalue weighted by Gasteiger charge is -2.13. The van der Waals surface area contributed by atoms with Gasteiger partial charge in [0.15, 0.2) is 0 Å². The molecule has 0 saturated heterocycles. The Morgan fingerprint density at radius 3 is 2.42 bits per heavy atom. The molecule has 1 amide bonds. The van der Waals surface area contributed by atoms with Crippen LogP contribution in [0.15, 0.2) is 0 Å². The Bertz CT molecular complexity index is 148. The second kappa shape index (κ2) is 5.06. The molecule has 0 aliphatic heterocycles. The number of halogens is 2. The molecule has 0 aromatic heterocycles. The molecule has 0 saturated carbocycles. The summed E-state index contributed by atoms with van der Waals surface area (Å²) in [5.74, 6) is -3.01. The minimum atomic E-state index is -2.68. The summed E-state index contributed by atoms with van der Waals surface area (Å²) in [4.78, 5) is 10.6. The maximum Gasteiger partial charge on any atom is 0.248 e. The molecule has 0 atom stereocenters. The van der Waals surface area contributed by atoms with Crippen LogP contribution in [0.1, 0.15) is 32.6 Å². The first-order valence-corrected chi connectivity index (χ1v) is 4.10. The van der Waals surface area contributed by atoms with Crippen LogP contribution in [0.2, 0.25) is 0 Å². The molecule has 0 aliphatic carbocycles. The van der Waals surface area contributed by atoms with Gasteiger partial charge in [-0.15, -0.1) is 0 Å². The average molecular weight is 179 g/mol. The van der Waals surface area contributed by atoms with Gasteiger partial charge in [-0.3, -0.25) is 4.79 Å². The highest BCUT2D eigenvalue weighted by Crippen LogP contribution is 2.25. The van der Waals surface area contributed by atoms with Crippen LogP contribution in [0.3, 0.4) is 0 Å². The predicted molar refractivity (Wildman–Crippen MR) is 43.2 cm³/mol. The van der Waals surface area contributed by atoms with Crippen molar-refractivity contribution in [1.82, 2.24) is 5.32 Å². The molecule has 0 aromatic carbocycles. The molecule has 72 valence electrons. The molecule has 0 rings (SSSR count). The first-order chi connectivity index (χ1) is 5.52. The van der Waals surface area contributed by atoms with Gasteiger partial charge in [-0.1, -0.05) is 13.3 Å². The van der Waals surface area contributed by atoms with E-state index in [9.17, 15) is 13.6 Å². The quantitative estimate of drug-likeness (QED) is 0.686. The standard InChI is InChI=1S/C8H15F2NO/c1-3-5-8(9,10)6-4-7(12)11-2/h3-6H2,1-2H3,(H,11,12). The number of rotatable bonds is 5. The van der Waals surface area contributed by atoms with Crippen molar-refractivity contribution < 1.29 is 13.6 Å². The molecule has 0 bridgehead atoms. The topological polar surface area (TPSA) is 29.1 Å². The highest BCUT2D eigenvalue weighted by atomic mass is 19.3. The predicted octanol–water partition coefficient (Wildman–Crippen LogP) is 1.95. The number of amides is 1. The van der Waals surface area contributed by atoms with E-state index in [1.165, 1.54) is 7.05 Å². The number of nitrogens with one attached hydrogen (secondary N) is 1. The number of hydrogen-bond acceptors (Lipinski definition) is 1. The first kappa shape index (κ1) is 11.3. The number of carbonyl (C=O) groups excluding carboxylic acids is 1. The Balaban J connectivity index is 3.67. The van der Waals surface area contributed by atoms with E-state index in [1.54, 1.807) is 6.92 Å². The van der Waals surface area contributed by atoms with E-state index in [-0.39, 0.29) is 25.2 Å². The third-order valence-electron chi connectivity index (χ3n) is 1.61. The Labute approximate surface area is 71.3 Å². The van der Waals surface area contributed by atoms with Crippen molar-refractivity contribution >= 4 is 5.91 Å². The average Bonchev–Trinajstić information content (AvgIpc) is 2.00. The van der Waals surface area contributed by atoms with Crippen molar-refractivity contribution in [2.75, 3.05) is 7.05 Å². The largest absolute Gasteiger partial charge is 0.359 e. The van der Waals surface area contributed by atoms with Gasteiger partial charge in [0, 0.05) is 26.3 Å². The molecule has 2 nitrogen and oxygen atoms in total. The van der Waals surface area contributed by atoms with Crippen LogP contribution < -0.4 is 5.32 Å². The molecular formula is C8H15F2NO. The molecule has 0 heterocycles. The summed E-state index contributed by atoms with van der Waals surface area (Å²) in [5, 5.41) is 2.31.